The summed E-state index contributed by atoms with van der Waals surface area (Å²) in [5, 5.41) is 2.24. The van der Waals surface area contributed by atoms with Crippen molar-refractivity contribution in [3.05, 3.63) is 63.8 Å². The number of ether oxygens (including phenoxy) is 2. The minimum absolute atomic E-state index is 0.669. The lowest BCUT2D eigenvalue weighted by Crippen LogP contribution is -2.39. The van der Waals surface area contributed by atoms with E-state index in [4.69, 9.17) is 14.5 Å². The first-order chi connectivity index (χ1) is 15.1. The van der Waals surface area contributed by atoms with Gasteiger partial charge in [-0.15, -0.1) is 11.3 Å². The van der Waals surface area contributed by atoms with Gasteiger partial charge in [-0.1, -0.05) is 23.8 Å². The number of aromatic nitrogens is 1. The SMILES string of the molecule is CCOc1ccc(N=c2scc(-c3ccc(C)cc3C)n2CCN2CCOCC2)cc1. The maximum atomic E-state index is 5.57. The Bertz CT molecular complexity index is 1060. The van der Waals surface area contributed by atoms with Gasteiger partial charge in [-0.25, -0.2) is 4.99 Å². The van der Waals surface area contributed by atoms with Gasteiger partial charge >= 0.3 is 0 Å². The number of nitrogens with zero attached hydrogens (tertiary/aromatic N) is 3. The highest BCUT2D eigenvalue weighted by atomic mass is 32.1. The average molecular weight is 438 g/mol. The fourth-order valence-electron chi connectivity index (χ4n) is 3.91. The van der Waals surface area contributed by atoms with Crippen LogP contribution >= 0.6 is 11.3 Å². The molecule has 0 amide bonds. The van der Waals surface area contributed by atoms with Gasteiger partial charge in [0.1, 0.15) is 5.75 Å². The second kappa shape index (κ2) is 10.3. The van der Waals surface area contributed by atoms with Crippen molar-refractivity contribution < 1.29 is 9.47 Å². The molecule has 31 heavy (non-hydrogen) atoms. The number of aryl methyl sites for hydroxylation is 2. The summed E-state index contributed by atoms with van der Waals surface area (Å²) < 4.78 is 13.4. The lowest BCUT2D eigenvalue weighted by atomic mass is 10.0. The molecular weight excluding hydrogens is 406 g/mol. The van der Waals surface area contributed by atoms with Crippen LogP contribution in [0.25, 0.3) is 11.3 Å². The summed E-state index contributed by atoms with van der Waals surface area (Å²) in [4.78, 5) is 8.48. The number of thiazole rings is 1. The first-order valence-corrected chi connectivity index (χ1v) is 11.9. The van der Waals surface area contributed by atoms with Crippen molar-refractivity contribution in [1.82, 2.24) is 9.47 Å². The molecule has 0 spiro atoms. The van der Waals surface area contributed by atoms with E-state index in [0.29, 0.717) is 6.61 Å². The molecule has 0 atom stereocenters. The van der Waals surface area contributed by atoms with Crippen LogP contribution in [0.5, 0.6) is 5.75 Å². The predicted molar refractivity (Wildman–Crippen MR) is 127 cm³/mol. The topological polar surface area (TPSA) is 39.0 Å². The lowest BCUT2D eigenvalue weighted by Gasteiger charge is -2.27. The van der Waals surface area contributed by atoms with E-state index in [1.54, 1.807) is 11.3 Å². The molecule has 0 aliphatic carbocycles. The molecule has 4 rings (SSSR count). The summed E-state index contributed by atoms with van der Waals surface area (Å²) in [5.74, 6) is 0.879. The highest BCUT2D eigenvalue weighted by molar-refractivity contribution is 7.07. The van der Waals surface area contributed by atoms with E-state index in [-0.39, 0.29) is 0 Å². The Morgan fingerprint density at radius 1 is 1.03 bits per heavy atom. The Hall–Kier alpha value is -2.41. The largest absolute Gasteiger partial charge is 0.494 e. The van der Waals surface area contributed by atoms with Crippen molar-refractivity contribution in [3.63, 3.8) is 0 Å². The molecule has 1 saturated heterocycles. The predicted octanol–water partition coefficient (Wildman–Crippen LogP) is 4.80. The van der Waals surface area contributed by atoms with Crippen LogP contribution in [-0.2, 0) is 11.3 Å². The maximum Gasteiger partial charge on any atom is 0.190 e. The molecule has 1 aliphatic rings. The minimum Gasteiger partial charge on any atom is -0.494 e. The smallest absolute Gasteiger partial charge is 0.190 e. The summed E-state index contributed by atoms with van der Waals surface area (Å²) >= 11 is 1.70. The Labute approximate surface area is 188 Å². The second-order valence-electron chi connectivity index (χ2n) is 7.87. The normalized spacial score (nSPS) is 15.4. The molecule has 0 bridgehead atoms. The molecule has 1 aromatic heterocycles. The number of benzene rings is 2. The van der Waals surface area contributed by atoms with Crippen LogP contribution in [0.4, 0.5) is 5.69 Å². The van der Waals surface area contributed by atoms with Crippen LogP contribution in [0.2, 0.25) is 0 Å². The van der Waals surface area contributed by atoms with Gasteiger partial charge in [-0.05, 0) is 50.6 Å². The minimum atomic E-state index is 0.669. The van der Waals surface area contributed by atoms with Crippen LogP contribution in [-0.4, -0.2) is 48.9 Å². The van der Waals surface area contributed by atoms with Crippen molar-refractivity contribution in [3.8, 4) is 17.0 Å². The average Bonchev–Trinajstić information content (AvgIpc) is 3.16. The monoisotopic (exact) mass is 437 g/mol. The summed E-state index contributed by atoms with van der Waals surface area (Å²) in [5.41, 5.74) is 6.04. The molecule has 0 unspecified atom stereocenters. The number of hydrogen-bond donors (Lipinski definition) is 0. The highest BCUT2D eigenvalue weighted by Crippen LogP contribution is 2.26. The van der Waals surface area contributed by atoms with Gasteiger partial charge < -0.3 is 14.0 Å². The first kappa shape index (κ1) is 21.8. The second-order valence-corrected chi connectivity index (χ2v) is 8.70. The molecule has 2 aromatic carbocycles. The van der Waals surface area contributed by atoms with E-state index in [1.807, 2.05) is 31.2 Å². The molecule has 3 aromatic rings. The van der Waals surface area contributed by atoms with Gasteiger partial charge in [0, 0.05) is 37.1 Å². The summed E-state index contributed by atoms with van der Waals surface area (Å²) in [7, 11) is 0. The van der Waals surface area contributed by atoms with E-state index in [0.717, 1.165) is 55.6 Å². The van der Waals surface area contributed by atoms with Crippen molar-refractivity contribution in [2.24, 2.45) is 4.99 Å². The molecule has 1 aliphatic heterocycles. The van der Waals surface area contributed by atoms with Gasteiger partial charge in [0.2, 0.25) is 0 Å². The third kappa shape index (κ3) is 5.45. The van der Waals surface area contributed by atoms with E-state index in [1.165, 1.54) is 22.4 Å². The Kier molecular flexibility index (Phi) is 7.22. The van der Waals surface area contributed by atoms with Crippen molar-refractivity contribution >= 4 is 17.0 Å². The zero-order valence-corrected chi connectivity index (χ0v) is 19.5. The fraction of sp³-hybridized carbons (Fsp3) is 0.400. The lowest BCUT2D eigenvalue weighted by molar-refractivity contribution is 0.0363. The van der Waals surface area contributed by atoms with Crippen LogP contribution in [0.1, 0.15) is 18.1 Å². The third-order valence-electron chi connectivity index (χ3n) is 5.57. The third-order valence-corrected chi connectivity index (χ3v) is 6.44. The van der Waals surface area contributed by atoms with Gasteiger partial charge in [0.15, 0.2) is 4.80 Å². The summed E-state index contributed by atoms with van der Waals surface area (Å²) in [6.07, 6.45) is 0. The van der Waals surface area contributed by atoms with Crippen LogP contribution in [0.15, 0.2) is 52.8 Å². The Morgan fingerprint density at radius 2 is 1.81 bits per heavy atom. The molecule has 6 heteroatoms. The zero-order chi connectivity index (χ0) is 21.6. The van der Waals surface area contributed by atoms with Gasteiger partial charge in [-0.3, -0.25) is 4.90 Å². The van der Waals surface area contributed by atoms with Gasteiger partial charge in [-0.2, -0.15) is 0 Å². The van der Waals surface area contributed by atoms with Crippen molar-refractivity contribution in [2.75, 3.05) is 39.5 Å². The Balaban J connectivity index is 1.69. The van der Waals surface area contributed by atoms with Crippen molar-refractivity contribution in [2.45, 2.75) is 27.3 Å². The first-order valence-electron chi connectivity index (χ1n) is 11.0. The van der Waals surface area contributed by atoms with E-state index >= 15 is 0 Å². The van der Waals surface area contributed by atoms with Gasteiger partial charge in [0.05, 0.1) is 31.2 Å². The number of hydrogen-bond acceptors (Lipinski definition) is 5. The molecule has 0 saturated carbocycles. The highest BCUT2D eigenvalue weighted by Gasteiger charge is 2.14. The summed E-state index contributed by atoms with van der Waals surface area (Å²) in [6.45, 7) is 12.5. The molecule has 0 N–H and O–H groups in total. The van der Waals surface area contributed by atoms with E-state index in [2.05, 4.69) is 46.9 Å². The molecule has 2 heterocycles. The summed E-state index contributed by atoms with van der Waals surface area (Å²) in [6, 6.07) is 14.7. The zero-order valence-electron chi connectivity index (χ0n) is 18.6. The molecular formula is C25H31N3O2S. The fourth-order valence-corrected chi connectivity index (χ4v) is 4.86. The Morgan fingerprint density at radius 3 is 2.52 bits per heavy atom. The molecule has 164 valence electrons. The maximum absolute atomic E-state index is 5.57. The number of morpholine rings is 1. The van der Waals surface area contributed by atoms with Crippen LogP contribution in [0, 0.1) is 13.8 Å². The molecule has 5 nitrogen and oxygen atoms in total. The van der Waals surface area contributed by atoms with Crippen LogP contribution in [0.3, 0.4) is 0 Å². The molecule has 1 fully saturated rings. The van der Waals surface area contributed by atoms with Crippen molar-refractivity contribution in [1.29, 1.82) is 0 Å². The van der Waals surface area contributed by atoms with Crippen LogP contribution < -0.4 is 9.54 Å². The van der Waals surface area contributed by atoms with Gasteiger partial charge in [0.25, 0.3) is 0 Å². The molecule has 0 radical (unpaired) electrons. The standard InChI is InChI=1S/C25H31N3O2S/c1-4-30-22-8-6-21(7-9-22)26-25-28(12-11-27-13-15-29-16-14-27)24(18-31-25)23-10-5-19(2)17-20(23)3/h5-10,17-18H,4,11-16H2,1-3H3. The quantitative estimate of drug-likeness (QED) is 0.533. The van der Waals surface area contributed by atoms with E-state index < -0.39 is 0 Å². The number of rotatable bonds is 7. The van der Waals surface area contributed by atoms with E-state index in [9.17, 15) is 0 Å².